The van der Waals surface area contributed by atoms with Crippen LogP contribution in [0.3, 0.4) is 0 Å². The van der Waals surface area contributed by atoms with Gasteiger partial charge in [-0.25, -0.2) is 4.79 Å². The van der Waals surface area contributed by atoms with Crippen molar-refractivity contribution in [3.8, 4) is 17.6 Å². The van der Waals surface area contributed by atoms with Crippen LogP contribution >= 0.6 is 15.9 Å². The van der Waals surface area contributed by atoms with Crippen molar-refractivity contribution >= 4 is 33.6 Å². The quantitative estimate of drug-likeness (QED) is 0.436. The lowest BCUT2D eigenvalue weighted by molar-refractivity contribution is -0.116. The van der Waals surface area contributed by atoms with E-state index < -0.39 is 11.7 Å². The summed E-state index contributed by atoms with van der Waals surface area (Å²) in [6.45, 7) is 6.78. The summed E-state index contributed by atoms with van der Waals surface area (Å²) in [5, 5.41) is 3.09. The second-order valence-corrected chi connectivity index (χ2v) is 8.56. The Hall–Kier alpha value is -2.50. The standard InChI is InChI=1S/C24H28BrNO6/c1-5-8-15-11-17(25)19(18(12-15)29-4)20-21(32-23(28)31-7-3)24(26-22(20)27)10-9-16(13-24)14-30-6-2/h11-12,16H,6-7,9-10,13-14H2,1-4H3,(H,26,27). The van der Waals surface area contributed by atoms with Gasteiger partial charge in [0.15, 0.2) is 5.76 Å². The fourth-order valence-electron chi connectivity index (χ4n) is 4.38. The van der Waals surface area contributed by atoms with Gasteiger partial charge in [0, 0.05) is 28.8 Å². The van der Waals surface area contributed by atoms with E-state index in [0.717, 1.165) is 12.0 Å². The summed E-state index contributed by atoms with van der Waals surface area (Å²) >= 11 is 3.56. The minimum absolute atomic E-state index is 0.167. The molecule has 0 saturated heterocycles. The number of amides is 1. The SMILES string of the molecule is CC#Cc1cc(Br)c(C2=C(OC(=O)OCC)C3(CCC(COCC)C3)NC2=O)c(OC)c1. The van der Waals surface area contributed by atoms with Gasteiger partial charge in [0.2, 0.25) is 0 Å². The summed E-state index contributed by atoms with van der Waals surface area (Å²) in [5.74, 6) is 6.48. The Morgan fingerprint density at radius 1 is 1.31 bits per heavy atom. The largest absolute Gasteiger partial charge is 0.513 e. The Morgan fingerprint density at radius 2 is 2.09 bits per heavy atom. The topological polar surface area (TPSA) is 83.1 Å². The molecule has 1 aromatic carbocycles. The molecule has 2 atom stereocenters. The molecule has 7 nitrogen and oxygen atoms in total. The summed E-state index contributed by atoms with van der Waals surface area (Å²) in [4.78, 5) is 25.7. The molecule has 0 aromatic heterocycles. The lowest BCUT2D eigenvalue weighted by Crippen LogP contribution is -2.43. The second-order valence-electron chi connectivity index (χ2n) is 7.70. The Morgan fingerprint density at radius 3 is 2.75 bits per heavy atom. The summed E-state index contributed by atoms with van der Waals surface area (Å²) in [5.41, 5.74) is 0.706. The van der Waals surface area contributed by atoms with Crippen molar-refractivity contribution in [2.24, 2.45) is 5.92 Å². The van der Waals surface area contributed by atoms with Crippen LogP contribution in [0.25, 0.3) is 5.57 Å². The van der Waals surface area contributed by atoms with Crippen LogP contribution in [0.4, 0.5) is 4.79 Å². The van der Waals surface area contributed by atoms with Gasteiger partial charge in [-0.3, -0.25) is 4.79 Å². The molecule has 2 unspecified atom stereocenters. The molecule has 1 amide bonds. The van der Waals surface area contributed by atoms with E-state index >= 15 is 0 Å². The lowest BCUT2D eigenvalue weighted by Gasteiger charge is -2.27. The van der Waals surface area contributed by atoms with Crippen LogP contribution in [0, 0.1) is 17.8 Å². The van der Waals surface area contributed by atoms with E-state index in [9.17, 15) is 9.59 Å². The highest BCUT2D eigenvalue weighted by Gasteiger charge is 2.53. The van der Waals surface area contributed by atoms with E-state index in [1.165, 1.54) is 7.11 Å². The monoisotopic (exact) mass is 505 g/mol. The molecular weight excluding hydrogens is 478 g/mol. The van der Waals surface area contributed by atoms with Gasteiger partial charge in [0.1, 0.15) is 5.75 Å². The van der Waals surface area contributed by atoms with Crippen LogP contribution in [0.1, 0.15) is 51.2 Å². The lowest BCUT2D eigenvalue weighted by atomic mass is 9.92. The fraction of sp³-hybridized carbons (Fsp3) is 0.500. The number of halogens is 1. The molecule has 8 heteroatoms. The van der Waals surface area contributed by atoms with Gasteiger partial charge in [-0.2, -0.15) is 0 Å². The molecule has 1 saturated carbocycles. The van der Waals surface area contributed by atoms with E-state index in [-0.39, 0.29) is 29.8 Å². The molecule has 172 valence electrons. The molecule has 32 heavy (non-hydrogen) atoms. The van der Waals surface area contributed by atoms with Crippen LogP contribution in [-0.2, 0) is 19.0 Å². The molecule has 1 N–H and O–H groups in total. The summed E-state index contributed by atoms with van der Waals surface area (Å²) in [7, 11) is 1.52. The second kappa shape index (κ2) is 10.4. The van der Waals surface area contributed by atoms with Gasteiger partial charge >= 0.3 is 6.16 Å². The smallest absolute Gasteiger partial charge is 0.496 e. The van der Waals surface area contributed by atoms with Crippen molar-refractivity contribution < 1.29 is 28.5 Å². The van der Waals surface area contributed by atoms with Gasteiger partial charge in [-0.1, -0.05) is 5.92 Å². The minimum Gasteiger partial charge on any atom is -0.496 e. The Balaban J connectivity index is 2.14. The van der Waals surface area contributed by atoms with Crippen LogP contribution in [0.15, 0.2) is 22.4 Å². The molecular formula is C24H28BrNO6. The number of benzene rings is 1. The first-order chi connectivity index (χ1) is 15.4. The number of carbonyl (C=O) groups excluding carboxylic acids is 2. The summed E-state index contributed by atoms with van der Waals surface area (Å²) in [6.07, 6.45) is 1.24. The van der Waals surface area contributed by atoms with Gasteiger partial charge in [0.25, 0.3) is 5.91 Å². The average Bonchev–Trinajstić information content (AvgIpc) is 3.27. The molecule has 1 spiro atoms. The Labute approximate surface area is 196 Å². The molecule has 2 aliphatic rings. The Bertz CT molecular complexity index is 992. The molecule has 0 bridgehead atoms. The highest BCUT2D eigenvalue weighted by molar-refractivity contribution is 9.10. The third kappa shape index (κ3) is 4.79. The number of methoxy groups -OCH3 is 1. The van der Waals surface area contributed by atoms with Gasteiger partial charge in [0.05, 0.1) is 24.8 Å². The highest BCUT2D eigenvalue weighted by Crippen LogP contribution is 2.49. The maximum Gasteiger partial charge on any atom is 0.513 e. The number of carbonyl (C=O) groups is 2. The van der Waals surface area contributed by atoms with Crippen molar-refractivity contribution in [1.29, 1.82) is 0 Å². The first kappa shape index (κ1) is 24.1. The van der Waals surface area contributed by atoms with Crippen molar-refractivity contribution in [2.45, 2.75) is 45.6 Å². The van der Waals surface area contributed by atoms with E-state index in [2.05, 4.69) is 33.1 Å². The average molecular weight is 506 g/mol. The fourth-order valence-corrected chi connectivity index (χ4v) is 5.02. The first-order valence-electron chi connectivity index (χ1n) is 10.7. The predicted molar refractivity (Wildman–Crippen MR) is 123 cm³/mol. The van der Waals surface area contributed by atoms with Crippen LogP contribution < -0.4 is 10.1 Å². The molecule has 1 aliphatic heterocycles. The molecule has 3 rings (SSSR count). The zero-order valence-electron chi connectivity index (χ0n) is 18.8. The molecule has 1 aliphatic carbocycles. The number of nitrogens with one attached hydrogen (secondary N) is 1. The highest BCUT2D eigenvalue weighted by atomic mass is 79.9. The molecule has 1 aromatic rings. The van der Waals surface area contributed by atoms with Crippen LogP contribution in [0.5, 0.6) is 5.75 Å². The minimum atomic E-state index is -0.840. The zero-order chi connectivity index (χ0) is 23.3. The maximum atomic E-state index is 13.3. The van der Waals surface area contributed by atoms with Crippen molar-refractivity contribution in [1.82, 2.24) is 5.32 Å². The van der Waals surface area contributed by atoms with Crippen molar-refractivity contribution in [3.05, 3.63) is 33.5 Å². The predicted octanol–water partition coefficient (Wildman–Crippen LogP) is 4.42. The Kier molecular flexibility index (Phi) is 7.86. The molecule has 1 fully saturated rings. The third-order valence-electron chi connectivity index (χ3n) is 5.66. The summed E-state index contributed by atoms with van der Waals surface area (Å²) in [6, 6.07) is 3.57. The third-order valence-corrected chi connectivity index (χ3v) is 6.28. The van der Waals surface area contributed by atoms with Crippen LogP contribution in [0.2, 0.25) is 0 Å². The van der Waals surface area contributed by atoms with Gasteiger partial charge in [-0.05, 0) is 74.0 Å². The summed E-state index contributed by atoms with van der Waals surface area (Å²) < 4.78 is 22.6. The first-order valence-corrected chi connectivity index (χ1v) is 11.5. The molecule has 0 radical (unpaired) electrons. The number of ether oxygens (including phenoxy) is 4. The van der Waals surface area contributed by atoms with Crippen molar-refractivity contribution in [3.63, 3.8) is 0 Å². The number of rotatable bonds is 7. The van der Waals surface area contributed by atoms with E-state index in [0.29, 0.717) is 41.8 Å². The van der Waals surface area contributed by atoms with Crippen LogP contribution in [-0.4, -0.2) is 44.5 Å². The van der Waals surface area contributed by atoms with E-state index in [4.69, 9.17) is 18.9 Å². The zero-order valence-corrected chi connectivity index (χ0v) is 20.4. The number of hydrogen-bond donors (Lipinski definition) is 1. The van der Waals surface area contributed by atoms with E-state index in [1.807, 2.05) is 13.0 Å². The normalized spacial score (nSPS) is 21.9. The number of hydrogen-bond acceptors (Lipinski definition) is 6. The van der Waals surface area contributed by atoms with Crippen molar-refractivity contribution in [2.75, 3.05) is 26.9 Å². The van der Waals surface area contributed by atoms with Gasteiger partial charge < -0.3 is 24.3 Å². The molecule has 1 heterocycles. The maximum absolute atomic E-state index is 13.3. The van der Waals surface area contributed by atoms with Gasteiger partial charge in [-0.15, -0.1) is 5.92 Å². The van der Waals surface area contributed by atoms with E-state index in [1.54, 1.807) is 19.9 Å².